The van der Waals surface area contributed by atoms with Crippen LogP contribution < -0.4 is 0 Å². The van der Waals surface area contributed by atoms with Crippen LogP contribution in [-0.2, 0) is 5.92 Å². The van der Waals surface area contributed by atoms with Crippen LogP contribution in [0.3, 0.4) is 0 Å². The lowest BCUT2D eigenvalue weighted by Gasteiger charge is -2.15. The molecule has 2 rings (SSSR count). The van der Waals surface area contributed by atoms with Gasteiger partial charge in [-0.05, 0) is 17.2 Å². The Bertz CT molecular complexity index is 619. The Morgan fingerprint density at radius 1 is 1.10 bits per heavy atom. The fourth-order valence-electron chi connectivity index (χ4n) is 2.02. The Hall–Kier alpha value is -2.23. The standard InChI is InChI=1S/C16H14F2O2/c1-2-16(17,18)12-9-7-11(8-10-12)13-5-3-4-6-14(13)15(19)20/h3-10H,2H2,1H3,(H,19,20). The van der Waals surface area contributed by atoms with Crippen molar-refractivity contribution in [3.05, 3.63) is 59.7 Å². The van der Waals surface area contributed by atoms with E-state index in [1.165, 1.54) is 37.3 Å². The summed E-state index contributed by atoms with van der Waals surface area (Å²) < 4.78 is 27.1. The molecule has 0 saturated heterocycles. The Labute approximate surface area is 115 Å². The van der Waals surface area contributed by atoms with Crippen LogP contribution in [0.1, 0.15) is 29.3 Å². The summed E-state index contributed by atoms with van der Waals surface area (Å²) in [6, 6.07) is 12.3. The molecule has 0 aliphatic carbocycles. The molecule has 0 atom stereocenters. The van der Waals surface area contributed by atoms with Crippen molar-refractivity contribution in [3.63, 3.8) is 0 Å². The van der Waals surface area contributed by atoms with Gasteiger partial charge in [-0.25, -0.2) is 13.6 Å². The molecule has 104 valence electrons. The van der Waals surface area contributed by atoms with Gasteiger partial charge < -0.3 is 5.11 Å². The smallest absolute Gasteiger partial charge is 0.336 e. The molecule has 1 N–H and O–H groups in total. The van der Waals surface area contributed by atoms with Crippen molar-refractivity contribution in [1.82, 2.24) is 0 Å². The van der Waals surface area contributed by atoms with Crippen LogP contribution in [0, 0.1) is 0 Å². The summed E-state index contributed by atoms with van der Waals surface area (Å²) in [6.45, 7) is 1.42. The SMILES string of the molecule is CCC(F)(F)c1ccc(-c2ccccc2C(=O)O)cc1. The summed E-state index contributed by atoms with van der Waals surface area (Å²) in [4.78, 5) is 11.1. The van der Waals surface area contributed by atoms with Gasteiger partial charge in [0.25, 0.3) is 5.92 Å². The maximum Gasteiger partial charge on any atom is 0.336 e. The van der Waals surface area contributed by atoms with Crippen LogP contribution in [0.2, 0.25) is 0 Å². The molecule has 0 spiro atoms. The normalized spacial score (nSPS) is 11.3. The second-order valence-electron chi connectivity index (χ2n) is 4.49. The van der Waals surface area contributed by atoms with E-state index in [0.717, 1.165) is 0 Å². The van der Waals surface area contributed by atoms with Gasteiger partial charge in [0, 0.05) is 12.0 Å². The molecule has 0 bridgehead atoms. The van der Waals surface area contributed by atoms with Gasteiger partial charge in [-0.15, -0.1) is 0 Å². The number of carbonyl (C=O) groups is 1. The van der Waals surface area contributed by atoms with Gasteiger partial charge in [-0.1, -0.05) is 49.4 Å². The lowest BCUT2D eigenvalue weighted by Crippen LogP contribution is -2.11. The summed E-state index contributed by atoms with van der Waals surface area (Å²) in [5, 5.41) is 9.13. The molecular formula is C16H14F2O2. The first-order valence-corrected chi connectivity index (χ1v) is 6.27. The van der Waals surface area contributed by atoms with E-state index in [4.69, 9.17) is 5.11 Å². The number of alkyl halides is 2. The zero-order chi connectivity index (χ0) is 14.8. The molecule has 0 saturated carbocycles. The molecule has 0 aliphatic rings. The molecule has 4 heteroatoms. The minimum Gasteiger partial charge on any atom is -0.478 e. The predicted molar refractivity (Wildman–Crippen MR) is 73.0 cm³/mol. The zero-order valence-corrected chi connectivity index (χ0v) is 10.9. The first-order chi connectivity index (χ1) is 9.45. The highest BCUT2D eigenvalue weighted by Crippen LogP contribution is 2.33. The number of halogens is 2. The summed E-state index contributed by atoms with van der Waals surface area (Å²) in [5.41, 5.74) is 1.23. The van der Waals surface area contributed by atoms with E-state index < -0.39 is 11.9 Å². The number of aromatic carboxylic acids is 1. The fourth-order valence-corrected chi connectivity index (χ4v) is 2.02. The summed E-state index contributed by atoms with van der Waals surface area (Å²) >= 11 is 0. The highest BCUT2D eigenvalue weighted by molar-refractivity contribution is 5.95. The Morgan fingerprint density at radius 3 is 2.25 bits per heavy atom. The highest BCUT2D eigenvalue weighted by Gasteiger charge is 2.28. The number of hydrogen-bond acceptors (Lipinski definition) is 1. The third-order valence-corrected chi connectivity index (χ3v) is 3.22. The van der Waals surface area contributed by atoms with Crippen molar-refractivity contribution in [2.24, 2.45) is 0 Å². The number of hydrogen-bond donors (Lipinski definition) is 1. The van der Waals surface area contributed by atoms with Gasteiger partial charge >= 0.3 is 5.97 Å². The van der Waals surface area contributed by atoms with Gasteiger partial charge in [0.05, 0.1) is 5.56 Å². The van der Waals surface area contributed by atoms with E-state index in [-0.39, 0.29) is 17.5 Å². The van der Waals surface area contributed by atoms with Crippen molar-refractivity contribution >= 4 is 5.97 Å². The van der Waals surface area contributed by atoms with Crippen LogP contribution in [0.5, 0.6) is 0 Å². The van der Waals surface area contributed by atoms with Crippen LogP contribution >= 0.6 is 0 Å². The summed E-state index contributed by atoms with van der Waals surface area (Å²) in [6.07, 6.45) is -0.266. The molecule has 2 aromatic rings. The lowest BCUT2D eigenvalue weighted by molar-refractivity contribution is -0.00827. The third-order valence-electron chi connectivity index (χ3n) is 3.22. The Kier molecular flexibility index (Phi) is 3.84. The Balaban J connectivity index is 2.43. The minimum atomic E-state index is -2.86. The molecule has 0 radical (unpaired) electrons. The average molecular weight is 276 g/mol. The monoisotopic (exact) mass is 276 g/mol. The number of carboxylic acid groups (broad SMARTS) is 1. The van der Waals surface area contributed by atoms with Gasteiger partial charge in [0.1, 0.15) is 0 Å². The molecule has 0 aromatic heterocycles. The molecule has 0 fully saturated rings. The molecule has 2 aromatic carbocycles. The van der Waals surface area contributed by atoms with Gasteiger partial charge in [-0.3, -0.25) is 0 Å². The summed E-state index contributed by atoms with van der Waals surface area (Å²) in [5.74, 6) is -3.89. The molecule has 0 unspecified atom stereocenters. The van der Waals surface area contributed by atoms with Crippen molar-refractivity contribution in [1.29, 1.82) is 0 Å². The van der Waals surface area contributed by atoms with Crippen LogP contribution in [0.25, 0.3) is 11.1 Å². The number of rotatable bonds is 4. The molecule has 2 nitrogen and oxygen atoms in total. The average Bonchev–Trinajstić information content (AvgIpc) is 2.47. The predicted octanol–water partition coefficient (Wildman–Crippen LogP) is 4.55. The van der Waals surface area contributed by atoms with E-state index in [1.807, 2.05) is 0 Å². The van der Waals surface area contributed by atoms with Crippen LogP contribution in [0.4, 0.5) is 8.78 Å². The summed E-state index contributed by atoms with van der Waals surface area (Å²) in [7, 11) is 0. The first kappa shape index (κ1) is 14.2. The van der Waals surface area contributed by atoms with E-state index in [2.05, 4.69) is 0 Å². The maximum absolute atomic E-state index is 13.5. The number of benzene rings is 2. The van der Waals surface area contributed by atoms with E-state index >= 15 is 0 Å². The van der Waals surface area contributed by atoms with Gasteiger partial charge in [0.2, 0.25) is 0 Å². The van der Waals surface area contributed by atoms with Crippen LogP contribution in [0.15, 0.2) is 48.5 Å². The van der Waals surface area contributed by atoms with E-state index in [9.17, 15) is 13.6 Å². The quantitative estimate of drug-likeness (QED) is 0.889. The molecule has 0 amide bonds. The second kappa shape index (κ2) is 5.41. The molecule has 20 heavy (non-hydrogen) atoms. The third kappa shape index (κ3) is 2.69. The maximum atomic E-state index is 13.5. The van der Waals surface area contributed by atoms with Crippen molar-refractivity contribution in [2.45, 2.75) is 19.3 Å². The molecule has 0 heterocycles. The lowest BCUT2D eigenvalue weighted by atomic mass is 9.97. The van der Waals surface area contributed by atoms with Gasteiger partial charge in [-0.2, -0.15) is 0 Å². The van der Waals surface area contributed by atoms with Gasteiger partial charge in [0.15, 0.2) is 0 Å². The molecule has 0 aliphatic heterocycles. The van der Waals surface area contributed by atoms with Crippen molar-refractivity contribution in [2.75, 3.05) is 0 Å². The highest BCUT2D eigenvalue weighted by atomic mass is 19.3. The van der Waals surface area contributed by atoms with E-state index in [0.29, 0.717) is 11.1 Å². The van der Waals surface area contributed by atoms with Crippen molar-refractivity contribution in [3.8, 4) is 11.1 Å². The molecular weight excluding hydrogens is 262 g/mol. The number of carboxylic acids is 1. The first-order valence-electron chi connectivity index (χ1n) is 6.27. The topological polar surface area (TPSA) is 37.3 Å². The van der Waals surface area contributed by atoms with E-state index in [1.54, 1.807) is 18.2 Å². The fraction of sp³-hybridized carbons (Fsp3) is 0.188. The Morgan fingerprint density at radius 2 is 1.70 bits per heavy atom. The largest absolute Gasteiger partial charge is 0.478 e. The van der Waals surface area contributed by atoms with Crippen LogP contribution in [-0.4, -0.2) is 11.1 Å². The second-order valence-corrected chi connectivity index (χ2v) is 4.49. The van der Waals surface area contributed by atoms with Crippen molar-refractivity contribution < 1.29 is 18.7 Å². The minimum absolute atomic E-state index is 0.0587. The zero-order valence-electron chi connectivity index (χ0n) is 10.9.